The Labute approximate surface area is 159 Å². The fraction of sp³-hybridized carbons (Fsp3) is 0.619. The number of rotatable bonds is 8. The number of carbonyl (C=O) groups is 2. The molecule has 146 valence electrons. The molecule has 1 rings (SSSR count). The van der Waals surface area contributed by atoms with E-state index in [9.17, 15) is 9.59 Å². The highest BCUT2D eigenvalue weighted by Gasteiger charge is 2.43. The average molecular weight is 379 g/mol. The molecule has 0 aliphatic heterocycles. The number of benzene rings is 1. The van der Waals surface area contributed by atoms with E-state index >= 15 is 0 Å². The van der Waals surface area contributed by atoms with Gasteiger partial charge in [0.2, 0.25) is 0 Å². The maximum atomic E-state index is 12.9. The van der Waals surface area contributed by atoms with Gasteiger partial charge in [-0.1, -0.05) is 65.0 Å². The molecule has 1 unspecified atom stereocenters. The van der Waals surface area contributed by atoms with Crippen molar-refractivity contribution in [3.8, 4) is 0 Å². The first-order chi connectivity index (χ1) is 11.9. The minimum atomic E-state index is -2.12. The second-order valence-corrected chi connectivity index (χ2v) is 13.5. The third-order valence-electron chi connectivity index (χ3n) is 5.12. The molecule has 26 heavy (non-hydrogen) atoms. The van der Waals surface area contributed by atoms with E-state index in [0.717, 1.165) is 5.56 Å². The molecule has 1 aromatic rings. The summed E-state index contributed by atoms with van der Waals surface area (Å²) in [5.74, 6) is -1.52. The molecule has 0 spiro atoms. The summed E-state index contributed by atoms with van der Waals surface area (Å²) in [6.45, 7) is 16.3. The molecule has 0 aliphatic carbocycles. The van der Waals surface area contributed by atoms with Crippen molar-refractivity contribution in [3.63, 3.8) is 0 Å². The number of Topliss-reactive ketones (excluding diaryl/α,β-unsaturated/α-hetero) is 1. The van der Waals surface area contributed by atoms with Gasteiger partial charge in [-0.3, -0.25) is 9.59 Å². The minimum Gasteiger partial charge on any atom is -0.460 e. The molecule has 5 heteroatoms. The van der Waals surface area contributed by atoms with E-state index in [2.05, 4.69) is 33.9 Å². The van der Waals surface area contributed by atoms with Crippen molar-refractivity contribution in [1.82, 2.24) is 0 Å². The number of ketones is 1. The quantitative estimate of drug-likeness (QED) is 0.364. The predicted octanol–water partition coefficient (Wildman–Crippen LogP) is 4.98. The normalized spacial score (nSPS) is 14.8. The van der Waals surface area contributed by atoms with Crippen LogP contribution in [0.25, 0.3) is 0 Å². The summed E-state index contributed by atoms with van der Waals surface area (Å²) in [5, 5.41) is -0.00250. The predicted molar refractivity (Wildman–Crippen MR) is 107 cm³/mol. The standard InChI is InChI=1S/C21H34O4Si/c1-15(2)19(25-26(7,8)21(4,5)6)18(22)16(3)20(23)24-14-17-12-10-9-11-13-17/h9-13,15-16,19H,14H2,1-8H3/t16?,19-/m0/s1. The van der Waals surface area contributed by atoms with Gasteiger partial charge >= 0.3 is 5.97 Å². The smallest absolute Gasteiger partial charge is 0.316 e. The maximum Gasteiger partial charge on any atom is 0.316 e. The Morgan fingerprint density at radius 2 is 1.58 bits per heavy atom. The summed E-state index contributed by atoms with van der Waals surface area (Å²) in [5.41, 5.74) is 0.901. The van der Waals surface area contributed by atoms with Crippen molar-refractivity contribution in [2.45, 2.75) is 72.4 Å². The van der Waals surface area contributed by atoms with Crippen molar-refractivity contribution < 1.29 is 18.8 Å². The summed E-state index contributed by atoms with van der Waals surface area (Å²) in [4.78, 5) is 25.3. The zero-order chi connectivity index (χ0) is 20.1. The van der Waals surface area contributed by atoms with Gasteiger partial charge in [-0.15, -0.1) is 0 Å². The number of hydrogen-bond acceptors (Lipinski definition) is 4. The molecule has 0 amide bonds. The molecule has 0 heterocycles. The van der Waals surface area contributed by atoms with Crippen molar-refractivity contribution in [3.05, 3.63) is 35.9 Å². The minimum absolute atomic E-state index is 0.000924. The summed E-state index contributed by atoms with van der Waals surface area (Å²) in [7, 11) is -2.12. The van der Waals surface area contributed by atoms with E-state index in [1.54, 1.807) is 6.92 Å². The fourth-order valence-electron chi connectivity index (χ4n) is 2.23. The molecule has 0 N–H and O–H groups in total. The van der Waals surface area contributed by atoms with Gasteiger partial charge in [-0.25, -0.2) is 0 Å². The second-order valence-electron chi connectivity index (χ2n) is 8.76. The largest absolute Gasteiger partial charge is 0.460 e. The van der Waals surface area contributed by atoms with Crippen molar-refractivity contribution in [2.75, 3.05) is 0 Å². The lowest BCUT2D eigenvalue weighted by Gasteiger charge is -2.40. The Bertz CT molecular complexity index is 602. The van der Waals surface area contributed by atoms with Crippen molar-refractivity contribution in [1.29, 1.82) is 0 Å². The molecule has 0 aliphatic rings. The molecule has 4 nitrogen and oxygen atoms in total. The molecule has 0 bridgehead atoms. The summed E-state index contributed by atoms with van der Waals surface area (Å²) in [6.07, 6.45) is -0.588. The van der Waals surface area contributed by atoms with Crippen LogP contribution in [0.2, 0.25) is 18.1 Å². The molecule has 0 aromatic heterocycles. The highest BCUT2D eigenvalue weighted by Crippen LogP contribution is 2.38. The first-order valence-corrected chi connectivity index (χ1v) is 12.2. The first-order valence-electron chi connectivity index (χ1n) is 9.29. The van der Waals surface area contributed by atoms with Crippen LogP contribution in [-0.4, -0.2) is 26.2 Å². The van der Waals surface area contributed by atoms with E-state index in [-0.39, 0.29) is 23.3 Å². The van der Waals surface area contributed by atoms with Gasteiger partial charge in [0, 0.05) is 0 Å². The van der Waals surface area contributed by atoms with E-state index in [1.165, 1.54) is 0 Å². The Kier molecular flexibility index (Phi) is 7.78. The number of hydrogen-bond donors (Lipinski definition) is 0. The lowest BCUT2D eigenvalue weighted by Crippen LogP contribution is -2.49. The van der Waals surface area contributed by atoms with Gasteiger partial charge in [0.15, 0.2) is 14.1 Å². The van der Waals surface area contributed by atoms with E-state index < -0.39 is 26.3 Å². The lowest BCUT2D eigenvalue weighted by atomic mass is 9.95. The number of esters is 1. The third kappa shape index (κ3) is 6.06. The van der Waals surface area contributed by atoms with Crippen LogP contribution in [0.15, 0.2) is 30.3 Å². The monoisotopic (exact) mass is 378 g/mol. The van der Waals surface area contributed by atoms with Crippen LogP contribution in [0.4, 0.5) is 0 Å². The maximum absolute atomic E-state index is 12.9. The molecule has 1 aromatic carbocycles. The van der Waals surface area contributed by atoms with Crippen LogP contribution in [0, 0.1) is 11.8 Å². The molecule has 0 radical (unpaired) electrons. The van der Waals surface area contributed by atoms with Gasteiger partial charge in [-0.2, -0.15) is 0 Å². The van der Waals surface area contributed by atoms with Gasteiger partial charge in [0.25, 0.3) is 0 Å². The number of ether oxygens (including phenoxy) is 1. The zero-order valence-electron chi connectivity index (χ0n) is 17.5. The van der Waals surface area contributed by atoms with E-state index in [4.69, 9.17) is 9.16 Å². The molecule has 0 fully saturated rings. The lowest BCUT2D eigenvalue weighted by molar-refractivity contribution is -0.155. The van der Waals surface area contributed by atoms with Gasteiger partial charge in [0.1, 0.15) is 18.6 Å². The summed E-state index contributed by atoms with van der Waals surface area (Å²) in [6, 6.07) is 9.45. The van der Waals surface area contributed by atoms with Gasteiger partial charge in [0.05, 0.1) is 0 Å². The number of carbonyl (C=O) groups excluding carboxylic acids is 2. The van der Waals surface area contributed by atoms with Crippen molar-refractivity contribution in [2.24, 2.45) is 11.8 Å². The fourth-order valence-corrected chi connectivity index (χ4v) is 3.61. The van der Waals surface area contributed by atoms with Crippen molar-refractivity contribution >= 4 is 20.1 Å². The molecule has 0 saturated heterocycles. The summed E-state index contributed by atoms with van der Waals surface area (Å²) < 4.78 is 11.7. The first kappa shape index (κ1) is 22.6. The molecular formula is C21H34O4Si. The Morgan fingerprint density at radius 3 is 2.04 bits per heavy atom. The Balaban J connectivity index is 2.79. The third-order valence-corrected chi connectivity index (χ3v) is 9.57. The Morgan fingerprint density at radius 1 is 1.04 bits per heavy atom. The van der Waals surface area contributed by atoms with Crippen LogP contribution >= 0.6 is 0 Å². The van der Waals surface area contributed by atoms with Crippen LogP contribution in [0.1, 0.15) is 47.1 Å². The molecule has 2 atom stereocenters. The SMILES string of the molecule is CC(C(=O)OCc1ccccc1)C(=O)[C@@H](O[Si](C)(C)C(C)(C)C)C(C)C. The second kappa shape index (κ2) is 8.96. The van der Waals surface area contributed by atoms with Crippen LogP contribution < -0.4 is 0 Å². The zero-order valence-corrected chi connectivity index (χ0v) is 18.5. The average Bonchev–Trinajstić information content (AvgIpc) is 2.56. The van der Waals surface area contributed by atoms with Crippen LogP contribution in [0.3, 0.4) is 0 Å². The van der Waals surface area contributed by atoms with Gasteiger partial charge in [-0.05, 0) is 36.5 Å². The van der Waals surface area contributed by atoms with E-state index in [1.807, 2.05) is 44.2 Å². The molecule has 0 saturated carbocycles. The van der Waals surface area contributed by atoms with Crippen LogP contribution in [0.5, 0.6) is 0 Å². The topological polar surface area (TPSA) is 52.6 Å². The molecular weight excluding hydrogens is 344 g/mol. The Hall–Kier alpha value is -1.46. The highest BCUT2D eigenvalue weighted by molar-refractivity contribution is 6.74. The van der Waals surface area contributed by atoms with E-state index in [0.29, 0.717) is 0 Å². The van der Waals surface area contributed by atoms with Gasteiger partial charge < -0.3 is 9.16 Å². The summed E-state index contributed by atoms with van der Waals surface area (Å²) >= 11 is 0. The van der Waals surface area contributed by atoms with Crippen LogP contribution in [-0.2, 0) is 25.4 Å². The highest BCUT2D eigenvalue weighted by atomic mass is 28.4.